The van der Waals surface area contributed by atoms with Gasteiger partial charge in [0, 0.05) is 31.5 Å². The Kier molecular flexibility index (Phi) is 3.73. The minimum absolute atomic E-state index is 0.232. The van der Waals surface area contributed by atoms with Crippen LogP contribution in [0.25, 0.3) is 5.82 Å². The highest BCUT2D eigenvalue weighted by atomic mass is 15.3. The van der Waals surface area contributed by atoms with Gasteiger partial charge in [0.15, 0.2) is 5.82 Å². The second-order valence-electron chi connectivity index (χ2n) is 4.15. The fourth-order valence-electron chi connectivity index (χ4n) is 1.47. The van der Waals surface area contributed by atoms with Crippen molar-refractivity contribution >= 4 is 11.8 Å². The third-order valence-corrected chi connectivity index (χ3v) is 2.33. The molecule has 96 valence electrons. The SMILES string of the molecule is CN(C)CCNc1cc(-n2cccn2)nc(N)n1. The van der Waals surface area contributed by atoms with Crippen molar-refractivity contribution in [3.8, 4) is 5.82 Å². The first-order valence-corrected chi connectivity index (χ1v) is 5.68. The summed E-state index contributed by atoms with van der Waals surface area (Å²) < 4.78 is 1.65. The lowest BCUT2D eigenvalue weighted by molar-refractivity contribution is 0.425. The highest BCUT2D eigenvalue weighted by molar-refractivity contribution is 5.45. The van der Waals surface area contributed by atoms with Crippen LogP contribution in [0.3, 0.4) is 0 Å². The number of nitrogen functional groups attached to an aromatic ring is 1. The summed E-state index contributed by atoms with van der Waals surface area (Å²) in [5.74, 6) is 1.59. The van der Waals surface area contributed by atoms with Crippen LogP contribution in [0.1, 0.15) is 0 Å². The normalized spacial score (nSPS) is 10.8. The Morgan fingerprint density at radius 1 is 1.39 bits per heavy atom. The molecule has 0 aliphatic carbocycles. The zero-order valence-electron chi connectivity index (χ0n) is 10.5. The molecule has 0 aliphatic rings. The van der Waals surface area contributed by atoms with Gasteiger partial charge in [0.2, 0.25) is 5.95 Å². The zero-order chi connectivity index (χ0) is 13.0. The summed E-state index contributed by atoms with van der Waals surface area (Å²) in [6, 6.07) is 3.65. The molecule has 18 heavy (non-hydrogen) atoms. The van der Waals surface area contributed by atoms with Gasteiger partial charge in [-0.3, -0.25) is 0 Å². The van der Waals surface area contributed by atoms with Crippen molar-refractivity contribution in [2.45, 2.75) is 0 Å². The molecular weight excluding hydrogens is 230 g/mol. The first-order chi connectivity index (χ1) is 8.65. The Bertz CT molecular complexity index is 492. The minimum atomic E-state index is 0.232. The van der Waals surface area contributed by atoms with Gasteiger partial charge in [0.05, 0.1) is 0 Å². The van der Waals surface area contributed by atoms with E-state index in [1.165, 1.54) is 0 Å². The molecule has 0 bridgehead atoms. The molecule has 0 saturated carbocycles. The number of anilines is 2. The van der Waals surface area contributed by atoms with Crippen LogP contribution >= 0.6 is 0 Å². The van der Waals surface area contributed by atoms with Gasteiger partial charge in [-0.1, -0.05) is 0 Å². The van der Waals surface area contributed by atoms with Crippen molar-refractivity contribution in [3.05, 3.63) is 24.5 Å². The summed E-state index contributed by atoms with van der Waals surface area (Å²) in [4.78, 5) is 10.4. The van der Waals surface area contributed by atoms with Crippen molar-refractivity contribution < 1.29 is 0 Å². The molecule has 2 aromatic heterocycles. The van der Waals surface area contributed by atoms with E-state index in [1.54, 1.807) is 10.9 Å². The first kappa shape index (κ1) is 12.3. The number of nitrogens with two attached hydrogens (primary N) is 1. The van der Waals surface area contributed by atoms with Gasteiger partial charge in [0.1, 0.15) is 5.82 Å². The maximum atomic E-state index is 5.68. The molecular formula is C11H17N7. The van der Waals surface area contributed by atoms with E-state index >= 15 is 0 Å². The third-order valence-electron chi connectivity index (χ3n) is 2.33. The Morgan fingerprint density at radius 3 is 2.89 bits per heavy atom. The fourth-order valence-corrected chi connectivity index (χ4v) is 1.47. The molecule has 0 radical (unpaired) electrons. The molecule has 0 aromatic carbocycles. The summed E-state index contributed by atoms with van der Waals surface area (Å²) in [5.41, 5.74) is 5.68. The highest BCUT2D eigenvalue weighted by Crippen LogP contribution is 2.11. The highest BCUT2D eigenvalue weighted by Gasteiger charge is 2.04. The van der Waals surface area contributed by atoms with Gasteiger partial charge in [-0.25, -0.2) is 4.68 Å². The lowest BCUT2D eigenvalue weighted by Crippen LogP contribution is -2.21. The molecule has 7 nitrogen and oxygen atoms in total. The minimum Gasteiger partial charge on any atom is -0.369 e. The van der Waals surface area contributed by atoms with Crippen LogP contribution in [0.4, 0.5) is 11.8 Å². The van der Waals surface area contributed by atoms with Crippen LogP contribution in [0.2, 0.25) is 0 Å². The second kappa shape index (κ2) is 5.46. The van der Waals surface area contributed by atoms with Crippen LogP contribution < -0.4 is 11.1 Å². The zero-order valence-corrected chi connectivity index (χ0v) is 10.5. The van der Waals surface area contributed by atoms with Gasteiger partial charge in [-0.15, -0.1) is 0 Å². The molecule has 0 saturated heterocycles. The number of hydrogen-bond acceptors (Lipinski definition) is 6. The number of aromatic nitrogens is 4. The fraction of sp³-hybridized carbons (Fsp3) is 0.364. The van der Waals surface area contributed by atoms with Crippen molar-refractivity contribution in [2.75, 3.05) is 38.2 Å². The molecule has 0 spiro atoms. The van der Waals surface area contributed by atoms with Crippen LogP contribution in [0.5, 0.6) is 0 Å². The van der Waals surface area contributed by atoms with Gasteiger partial charge in [-0.05, 0) is 20.2 Å². The Balaban J connectivity index is 2.12. The van der Waals surface area contributed by atoms with Gasteiger partial charge in [-0.2, -0.15) is 15.1 Å². The van der Waals surface area contributed by atoms with Crippen LogP contribution in [0.15, 0.2) is 24.5 Å². The molecule has 0 aliphatic heterocycles. The van der Waals surface area contributed by atoms with E-state index in [1.807, 2.05) is 32.4 Å². The average molecular weight is 247 g/mol. The van der Waals surface area contributed by atoms with Gasteiger partial charge in [0.25, 0.3) is 0 Å². The van der Waals surface area contributed by atoms with Crippen molar-refractivity contribution in [3.63, 3.8) is 0 Å². The average Bonchev–Trinajstić information content (AvgIpc) is 2.81. The molecule has 0 fully saturated rings. The number of likely N-dealkylation sites (N-methyl/N-ethyl adjacent to an activating group) is 1. The Morgan fingerprint density at radius 2 is 2.22 bits per heavy atom. The van der Waals surface area contributed by atoms with E-state index < -0.39 is 0 Å². The second-order valence-corrected chi connectivity index (χ2v) is 4.15. The summed E-state index contributed by atoms with van der Waals surface area (Å²) in [6.45, 7) is 1.71. The maximum Gasteiger partial charge on any atom is 0.224 e. The van der Waals surface area contributed by atoms with E-state index in [9.17, 15) is 0 Å². The van der Waals surface area contributed by atoms with E-state index in [-0.39, 0.29) is 5.95 Å². The van der Waals surface area contributed by atoms with Crippen molar-refractivity contribution in [1.82, 2.24) is 24.6 Å². The Labute approximate surface area is 106 Å². The molecule has 0 unspecified atom stereocenters. The predicted molar refractivity (Wildman–Crippen MR) is 70.6 cm³/mol. The van der Waals surface area contributed by atoms with E-state index in [4.69, 9.17) is 5.73 Å². The monoisotopic (exact) mass is 247 g/mol. The van der Waals surface area contributed by atoms with Gasteiger partial charge >= 0.3 is 0 Å². The maximum absolute atomic E-state index is 5.68. The van der Waals surface area contributed by atoms with Crippen molar-refractivity contribution in [1.29, 1.82) is 0 Å². The molecule has 0 amide bonds. The van der Waals surface area contributed by atoms with Crippen LogP contribution in [0, 0.1) is 0 Å². The molecule has 2 rings (SSSR count). The van der Waals surface area contributed by atoms with Crippen molar-refractivity contribution in [2.24, 2.45) is 0 Å². The van der Waals surface area contributed by atoms with Gasteiger partial charge < -0.3 is 16.0 Å². The van der Waals surface area contributed by atoms with Crippen LogP contribution in [-0.2, 0) is 0 Å². The quantitative estimate of drug-likeness (QED) is 0.786. The molecule has 0 atom stereocenters. The smallest absolute Gasteiger partial charge is 0.224 e. The number of nitrogens with one attached hydrogen (secondary N) is 1. The van der Waals surface area contributed by atoms with E-state index in [0.29, 0.717) is 11.6 Å². The topological polar surface area (TPSA) is 84.9 Å². The largest absolute Gasteiger partial charge is 0.369 e. The summed E-state index contributed by atoms with van der Waals surface area (Å²) >= 11 is 0. The molecule has 7 heteroatoms. The summed E-state index contributed by atoms with van der Waals surface area (Å²) in [7, 11) is 4.04. The molecule has 2 aromatic rings. The predicted octanol–water partition coefficient (Wildman–Crippen LogP) is 0.218. The lowest BCUT2D eigenvalue weighted by atomic mass is 10.5. The number of rotatable bonds is 5. The lowest BCUT2D eigenvalue weighted by Gasteiger charge is -2.11. The Hall–Kier alpha value is -2.15. The summed E-state index contributed by atoms with van der Waals surface area (Å²) in [5, 5.41) is 7.32. The standard InChI is InChI=1S/C11H17N7/c1-17(2)7-5-13-9-8-10(16-11(12)15-9)18-6-3-4-14-18/h3-4,6,8H,5,7H2,1-2H3,(H3,12,13,15,16). The third kappa shape index (κ3) is 3.17. The first-order valence-electron chi connectivity index (χ1n) is 5.68. The number of nitrogens with zero attached hydrogens (tertiary/aromatic N) is 5. The van der Waals surface area contributed by atoms with Crippen LogP contribution in [-0.4, -0.2) is 51.8 Å². The van der Waals surface area contributed by atoms with E-state index in [0.717, 1.165) is 13.1 Å². The summed E-state index contributed by atoms with van der Waals surface area (Å²) in [6.07, 6.45) is 3.50. The molecule has 3 N–H and O–H groups in total. The number of hydrogen-bond donors (Lipinski definition) is 2. The molecule has 2 heterocycles. The van der Waals surface area contributed by atoms with E-state index in [2.05, 4.69) is 25.3 Å².